The number of carbonyl (C=O) groups excluding carboxylic acids is 1. The number of hydrazone groups is 1. The molecule has 0 spiro atoms. The second kappa shape index (κ2) is 5.27. The van der Waals surface area contributed by atoms with Gasteiger partial charge in [0.05, 0.1) is 4.92 Å². The van der Waals surface area contributed by atoms with Gasteiger partial charge >= 0.3 is 0 Å². The van der Waals surface area contributed by atoms with Crippen LogP contribution in [-0.4, -0.2) is 16.5 Å². The Morgan fingerprint density at radius 3 is 2.81 bits per heavy atom. The maximum absolute atomic E-state index is 12.1. The number of nitrogens with zero attached hydrogens (tertiary/aromatic N) is 2. The van der Waals surface area contributed by atoms with Crippen LogP contribution in [0.5, 0.6) is 0 Å². The molecule has 1 amide bonds. The number of rotatable bonds is 3. The number of amides is 1. The summed E-state index contributed by atoms with van der Waals surface area (Å²) >= 11 is 0. The van der Waals surface area contributed by atoms with Gasteiger partial charge in [0, 0.05) is 22.9 Å². The van der Waals surface area contributed by atoms with E-state index in [1.165, 1.54) is 37.5 Å². The minimum absolute atomic E-state index is 0.0194. The quantitative estimate of drug-likeness (QED) is 0.685. The molecule has 0 saturated heterocycles. The monoisotopic (exact) mass is 287 g/mol. The first-order valence-electron chi connectivity index (χ1n) is 7.16. The Hall–Kier alpha value is -2.24. The molecule has 0 aromatic heterocycles. The third-order valence-electron chi connectivity index (χ3n) is 4.47. The van der Waals surface area contributed by atoms with Crippen molar-refractivity contribution >= 4 is 17.3 Å². The fourth-order valence-electron chi connectivity index (χ4n) is 3.35. The summed E-state index contributed by atoms with van der Waals surface area (Å²) in [6, 6.07) is 4.34. The van der Waals surface area contributed by atoms with E-state index in [1.807, 2.05) is 0 Å². The fraction of sp³-hybridized carbons (Fsp3) is 0.467. The molecule has 1 N–H and O–H groups in total. The summed E-state index contributed by atoms with van der Waals surface area (Å²) in [5, 5.41) is 15.0. The lowest BCUT2D eigenvalue weighted by Gasteiger charge is -2.11. The Balaban J connectivity index is 1.70. The number of nitro benzene ring substituents is 1. The van der Waals surface area contributed by atoms with Crippen LogP contribution in [0.1, 0.15) is 41.6 Å². The smallest absolute Gasteiger partial charge is 0.267 e. The first-order valence-corrected chi connectivity index (χ1v) is 7.16. The summed E-state index contributed by atoms with van der Waals surface area (Å²) in [5.74, 6) is 0.962. The molecule has 6 heteroatoms. The van der Waals surface area contributed by atoms with E-state index < -0.39 is 4.92 Å². The van der Waals surface area contributed by atoms with Gasteiger partial charge in [-0.15, -0.1) is 0 Å². The molecule has 0 aliphatic heterocycles. The summed E-state index contributed by atoms with van der Waals surface area (Å²) in [6.07, 6.45) is 4.64. The molecule has 3 rings (SSSR count). The van der Waals surface area contributed by atoms with Crippen LogP contribution >= 0.6 is 0 Å². The van der Waals surface area contributed by atoms with Crippen molar-refractivity contribution in [2.24, 2.45) is 16.9 Å². The standard InChI is InChI=1S/C15H17N3O3/c1-9-6-12(4-5-14(9)18(20)21)15(19)17-16-13-8-10-2-3-11(13)7-10/h4-6,10-11H,2-3,7-8H2,1H3,(H,17,19). The van der Waals surface area contributed by atoms with Gasteiger partial charge in [0.1, 0.15) is 0 Å². The highest BCUT2D eigenvalue weighted by molar-refractivity contribution is 5.96. The zero-order valence-electron chi connectivity index (χ0n) is 11.8. The first kappa shape index (κ1) is 13.7. The van der Waals surface area contributed by atoms with Crippen LogP contribution in [0, 0.1) is 28.9 Å². The Bertz CT molecular complexity index is 639. The van der Waals surface area contributed by atoms with Gasteiger partial charge in [0.2, 0.25) is 0 Å². The Kier molecular flexibility index (Phi) is 3.45. The maximum atomic E-state index is 12.1. The third kappa shape index (κ3) is 2.66. The first-order chi connectivity index (χ1) is 10.0. The SMILES string of the molecule is Cc1cc(C(=O)NN=C2CC3CCC2C3)ccc1[N+](=O)[O-]. The Labute approximate surface area is 122 Å². The van der Waals surface area contributed by atoms with Crippen LogP contribution in [-0.2, 0) is 0 Å². The van der Waals surface area contributed by atoms with Crippen LogP contribution in [0.3, 0.4) is 0 Å². The van der Waals surface area contributed by atoms with Crippen LogP contribution in [0.25, 0.3) is 0 Å². The van der Waals surface area contributed by atoms with Gasteiger partial charge in [-0.2, -0.15) is 5.10 Å². The number of nitro groups is 1. The minimum Gasteiger partial charge on any atom is -0.267 e. The highest BCUT2D eigenvalue weighted by Crippen LogP contribution is 2.42. The van der Waals surface area contributed by atoms with Crippen molar-refractivity contribution in [1.29, 1.82) is 0 Å². The van der Waals surface area contributed by atoms with Gasteiger partial charge in [-0.3, -0.25) is 14.9 Å². The summed E-state index contributed by atoms with van der Waals surface area (Å²) in [5.41, 5.74) is 4.56. The molecule has 1 aromatic carbocycles. The number of fused-ring (bicyclic) bond motifs is 2. The van der Waals surface area contributed by atoms with Gasteiger partial charge in [0.25, 0.3) is 11.6 Å². The van der Waals surface area contributed by atoms with E-state index in [0.29, 0.717) is 17.0 Å². The van der Waals surface area contributed by atoms with E-state index in [-0.39, 0.29) is 11.6 Å². The van der Waals surface area contributed by atoms with E-state index in [1.54, 1.807) is 6.92 Å². The second-order valence-corrected chi connectivity index (χ2v) is 5.88. The predicted octanol–water partition coefficient (Wildman–Crippen LogP) is 2.81. The number of carbonyl (C=O) groups is 1. The van der Waals surface area contributed by atoms with Crippen LogP contribution in [0.2, 0.25) is 0 Å². The van der Waals surface area contributed by atoms with E-state index in [4.69, 9.17) is 0 Å². The van der Waals surface area contributed by atoms with Crippen molar-refractivity contribution in [3.8, 4) is 0 Å². The Morgan fingerprint density at radius 1 is 1.43 bits per heavy atom. The molecule has 6 nitrogen and oxygen atoms in total. The van der Waals surface area contributed by atoms with Crippen LogP contribution in [0.4, 0.5) is 5.69 Å². The summed E-state index contributed by atoms with van der Waals surface area (Å²) in [7, 11) is 0. The zero-order chi connectivity index (χ0) is 15.0. The number of hydrogen-bond acceptors (Lipinski definition) is 4. The van der Waals surface area contributed by atoms with Crippen LogP contribution in [0.15, 0.2) is 23.3 Å². The van der Waals surface area contributed by atoms with Crippen molar-refractivity contribution < 1.29 is 9.72 Å². The molecule has 1 aromatic rings. The molecule has 2 atom stereocenters. The molecule has 2 bridgehead atoms. The van der Waals surface area contributed by atoms with Crippen molar-refractivity contribution in [2.45, 2.75) is 32.6 Å². The summed E-state index contributed by atoms with van der Waals surface area (Å²) < 4.78 is 0. The molecule has 0 heterocycles. The average Bonchev–Trinajstić information content (AvgIpc) is 3.06. The van der Waals surface area contributed by atoms with E-state index >= 15 is 0 Å². The summed E-state index contributed by atoms with van der Waals surface area (Å²) in [6.45, 7) is 1.62. The lowest BCUT2D eigenvalue weighted by molar-refractivity contribution is -0.385. The highest BCUT2D eigenvalue weighted by atomic mass is 16.6. The van der Waals surface area contributed by atoms with E-state index in [0.717, 1.165) is 18.1 Å². The molecular formula is C15H17N3O3. The molecule has 2 unspecified atom stereocenters. The third-order valence-corrected chi connectivity index (χ3v) is 4.47. The number of nitrogens with one attached hydrogen (secondary N) is 1. The molecule has 2 aliphatic carbocycles. The van der Waals surface area contributed by atoms with Gasteiger partial charge < -0.3 is 0 Å². The highest BCUT2D eigenvalue weighted by Gasteiger charge is 2.36. The molecule has 2 aliphatic rings. The van der Waals surface area contributed by atoms with Crippen molar-refractivity contribution in [1.82, 2.24) is 5.43 Å². The van der Waals surface area contributed by atoms with Crippen molar-refractivity contribution in [2.75, 3.05) is 0 Å². The topological polar surface area (TPSA) is 84.6 Å². The minimum atomic E-state index is -0.452. The lowest BCUT2D eigenvalue weighted by atomic mass is 9.99. The molecule has 0 radical (unpaired) electrons. The second-order valence-electron chi connectivity index (χ2n) is 5.88. The summed E-state index contributed by atoms with van der Waals surface area (Å²) in [4.78, 5) is 22.4. The Morgan fingerprint density at radius 2 is 2.24 bits per heavy atom. The molecule has 110 valence electrons. The molecule has 2 saturated carbocycles. The molecule has 2 fully saturated rings. The van der Waals surface area contributed by atoms with Crippen molar-refractivity contribution in [3.63, 3.8) is 0 Å². The average molecular weight is 287 g/mol. The number of hydrogen-bond donors (Lipinski definition) is 1. The van der Waals surface area contributed by atoms with E-state index in [9.17, 15) is 14.9 Å². The van der Waals surface area contributed by atoms with Crippen molar-refractivity contribution in [3.05, 3.63) is 39.4 Å². The van der Waals surface area contributed by atoms with Gasteiger partial charge in [-0.1, -0.05) is 0 Å². The fourth-order valence-corrected chi connectivity index (χ4v) is 3.35. The number of benzene rings is 1. The zero-order valence-corrected chi connectivity index (χ0v) is 11.8. The normalized spacial score (nSPS) is 25.3. The lowest BCUT2D eigenvalue weighted by Crippen LogP contribution is -2.22. The van der Waals surface area contributed by atoms with Gasteiger partial charge in [-0.25, -0.2) is 5.43 Å². The van der Waals surface area contributed by atoms with Gasteiger partial charge in [-0.05, 0) is 56.6 Å². The largest absolute Gasteiger partial charge is 0.272 e. The number of aryl methyl sites for hydroxylation is 1. The van der Waals surface area contributed by atoms with E-state index in [2.05, 4.69) is 10.5 Å². The van der Waals surface area contributed by atoms with Crippen LogP contribution < -0.4 is 5.43 Å². The predicted molar refractivity (Wildman–Crippen MR) is 78.2 cm³/mol. The molecular weight excluding hydrogens is 270 g/mol. The van der Waals surface area contributed by atoms with Gasteiger partial charge in [0.15, 0.2) is 0 Å². The molecule has 21 heavy (non-hydrogen) atoms. The maximum Gasteiger partial charge on any atom is 0.272 e.